The monoisotopic (exact) mass is 391 g/mol. The minimum absolute atomic E-state index is 0.0255. The van der Waals surface area contributed by atoms with E-state index in [1.165, 1.54) is 4.90 Å². The van der Waals surface area contributed by atoms with Crippen LogP contribution in [0.2, 0.25) is 0 Å². The highest BCUT2D eigenvalue weighted by atomic mass is 16.2. The molecule has 3 aromatic rings. The number of fused-ring (bicyclic) bond motifs is 1. The number of rotatable bonds is 4. The largest absolute Gasteiger partial charge is 0.351 e. The standard InChI is InChI=1S/C20H21N7O2/c28-18-9-10-19(29)26(18)14-7-5-13(6-8-14)22-20-21-12-11-17(23-20)27-16-4-2-1-3-15(16)24-25-27/h1-4,11-14H,5-10H2,(H,21,22,23)/t13-,14-. The van der Waals surface area contributed by atoms with Gasteiger partial charge >= 0.3 is 0 Å². The third-order valence-electron chi connectivity index (χ3n) is 5.69. The number of hydrogen-bond acceptors (Lipinski definition) is 7. The second kappa shape index (κ2) is 7.23. The maximum atomic E-state index is 12.0. The molecule has 1 N–H and O–H groups in total. The van der Waals surface area contributed by atoms with E-state index in [0.29, 0.717) is 24.6 Å². The number of hydrogen-bond donors (Lipinski definition) is 1. The van der Waals surface area contributed by atoms with Crippen molar-refractivity contribution in [1.29, 1.82) is 0 Å². The number of nitrogens with zero attached hydrogens (tertiary/aromatic N) is 6. The number of nitrogens with one attached hydrogen (secondary N) is 1. The van der Waals surface area contributed by atoms with Crippen molar-refractivity contribution in [1.82, 2.24) is 29.9 Å². The number of amides is 2. The zero-order chi connectivity index (χ0) is 19.8. The molecule has 0 bridgehead atoms. The highest BCUT2D eigenvalue weighted by Gasteiger charge is 2.36. The molecule has 0 atom stereocenters. The van der Waals surface area contributed by atoms with Crippen molar-refractivity contribution in [2.45, 2.75) is 50.6 Å². The molecular formula is C20H21N7O2. The first-order chi connectivity index (χ1) is 14.2. The second-order valence-corrected chi connectivity index (χ2v) is 7.54. The minimum Gasteiger partial charge on any atom is -0.351 e. The Bertz CT molecular complexity index is 1060. The summed E-state index contributed by atoms with van der Waals surface area (Å²) in [6.07, 6.45) is 5.76. The summed E-state index contributed by atoms with van der Waals surface area (Å²) in [6.45, 7) is 0. The van der Waals surface area contributed by atoms with E-state index < -0.39 is 0 Å². The lowest BCUT2D eigenvalue weighted by Crippen LogP contribution is -2.43. The number of para-hydroxylation sites is 1. The van der Waals surface area contributed by atoms with Gasteiger partial charge in [0.25, 0.3) is 0 Å². The second-order valence-electron chi connectivity index (χ2n) is 7.54. The Labute approximate surface area is 167 Å². The van der Waals surface area contributed by atoms with Crippen molar-refractivity contribution >= 4 is 28.8 Å². The van der Waals surface area contributed by atoms with Gasteiger partial charge in [0.2, 0.25) is 17.8 Å². The molecule has 0 unspecified atom stereocenters. The van der Waals surface area contributed by atoms with Gasteiger partial charge in [-0.3, -0.25) is 14.5 Å². The Morgan fingerprint density at radius 2 is 1.72 bits per heavy atom. The Balaban J connectivity index is 1.27. The molecule has 1 aliphatic carbocycles. The summed E-state index contributed by atoms with van der Waals surface area (Å²) in [5.74, 6) is 1.14. The molecule has 5 rings (SSSR count). The quantitative estimate of drug-likeness (QED) is 0.679. The van der Waals surface area contributed by atoms with Gasteiger partial charge in [0.15, 0.2) is 5.82 Å². The van der Waals surface area contributed by atoms with Gasteiger partial charge in [0.05, 0.1) is 5.52 Å². The van der Waals surface area contributed by atoms with Crippen molar-refractivity contribution in [3.05, 3.63) is 36.5 Å². The molecule has 1 aromatic carbocycles. The van der Waals surface area contributed by atoms with Crippen LogP contribution in [0, 0.1) is 0 Å². The van der Waals surface area contributed by atoms with E-state index in [9.17, 15) is 9.59 Å². The topological polar surface area (TPSA) is 106 Å². The van der Waals surface area contributed by atoms with Gasteiger partial charge in [-0.25, -0.2) is 4.98 Å². The predicted octanol–water partition coefficient (Wildman–Crippen LogP) is 2.08. The van der Waals surface area contributed by atoms with Gasteiger partial charge < -0.3 is 5.32 Å². The van der Waals surface area contributed by atoms with E-state index >= 15 is 0 Å². The van der Waals surface area contributed by atoms with Crippen LogP contribution in [0.15, 0.2) is 36.5 Å². The first-order valence-electron chi connectivity index (χ1n) is 9.94. The van der Waals surface area contributed by atoms with Crippen LogP contribution in [-0.2, 0) is 9.59 Å². The van der Waals surface area contributed by atoms with Crippen LogP contribution in [0.25, 0.3) is 16.9 Å². The fourth-order valence-electron chi connectivity index (χ4n) is 4.24. The van der Waals surface area contributed by atoms with E-state index in [-0.39, 0.29) is 23.9 Å². The summed E-state index contributed by atoms with van der Waals surface area (Å²) in [4.78, 5) is 34.3. The van der Waals surface area contributed by atoms with E-state index in [1.807, 2.05) is 24.3 Å². The molecule has 148 valence electrons. The van der Waals surface area contributed by atoms with Crippen LogP contribution < -0.4 is 5.32 Å². The van der Waals surface area contributed by atoms with Crippen molar-refractivity contribution in [3.63, 3.8) is 0 Å². The molecule has 29 heavy (non-hydrogen) atoms. The molecule has 2 amide bonds. The van der Waals surface area contributed by atoms with Gasteiger partial charge in [-0.05, 0) is 37.8 Å². The zero-order valence-electron chi connectivity index (χ0n) is 15.9. The summed E-state index contributed by atoms with van der Waals surface area (Å²) in [5.41, 5.74) is 1.70. The number of aromatic nitrogens is 5. The van der Waals surface area contributed by atoms with Gasteiger partial charge in [0.1, 0.15) is 5.52 Å². The molecule has 2 fully saturated rings. The normalized spacial score (nSPS) is 22.4. The van der Waals surface area contributed by atoms with E-state index in [0.717, 1.165) is 36.7 Å². The van der Waals surface area contributed by atoms with Gasteiger partial charge in [-0.15, -0.1) is 5.10 Å². The molecule has 0 radical (unpaired) electrons. The summed E-state index contributed by atoms with van der Waals surface area (Å²) in [5, 5.41) is 11.8. The Morgan fingerprint density at radius 1 is 0.966 bits per heavy atom. The average Bonchev–Trinajstić information content (AvgIpc) is 3.32. The number of carbonyl (C=O) groups excluding carboxylic acids is 2. The summed E-state index contributed by atoms with van der Waals surface area (Å²) in [6, 6.07) is 9.77. The third kappa shape index (κ3) is 3.32. The molecule has 1 saturated carbocycles. The Hall–Kier alpha value is -3.36. The molecule has 3 heterocycles. The molecule has 1 aliphatic heterocycles. The van der Waals surface area contributed by atoms with Gasteiger partial charge in [0, 0.05) is 37.2 Å². The molecule has 9 heteroatoms. The lowest BCUT2D eigenvalue weighted by atomic mass is 9.90. The summed E-state index contributed by atoms with van der Waals surface area (Å²) >= 11 is 0. The maximum Gasteiger partial charge on any atom is 0.229 e. The Morgan fingerprint density at radius 3 is 2.52 bits per heavy atom. The summed E-state index contributed by atoms with van der Waals surface area (Å²) < 4.78 is 1.70. The number of anilines is 1. The SMILES string of the molecule is O=C1CCC(=O)N1[C@H]1CC[C@H](Nc2nccc(-n3nnc4ccccc43)n2)CC1. The van der Waals surface area contributed by atoms with Crippen molar-refractivity contribution < 1.29 is 9.59 Å². The molecule has 0 spiro atoms. The predicted molar refractivity (Wildman–Crippen MR) is 105 cm³/mol. The smallest absolute Gasteiger partial charge is 0.229 e. The highest BCUT2D eigenvalue weighted by molar-refractivity contribution is 6.02. The van der Waals surface area contributed by atoms with Crippen LogP contribution in [0.3, 0.4) is 0 Å². The lowest BCUT2D eigenvalue weighted by Gasteiger charge is -2.33. The van der Waals surface area contributed by atoms with Gasteiger partial charge in [-0.2, -0.15) is 9.67 Å². The summed E-state index contributed by atoms with van der Waals surface area (Å²) in [7, 11) is 0. The van der Waals surface area contributed by atoms with Crippen molar-refractivity contribution in [2.24, 2.45) is 0 Å². The highest BCUT2D eigenvalue weighted by Crippen LogP contribution is 2.28. The molecule has 1 saturated heterocycles. The fourth-order valence-corrected chi connectivity index (χ4v) is 4.24. The van der Waals surface area contributed by atoms with Crippen LogP contribution in [0.1, 0.15) is 38.5 Å². The minimum atomic E-state index is -0.0255. The van der Waals surface area contributed by atoms with E-state index in [1.54, 1.807) is 16.9 Å². The van der Waals surface area contributed by atoms with Gasteiger partial charge in [-0.1, -0.05) is 17.3 Å². The number of carbonyl (C=O) groups is 2. The molecule has 2 aromatic heterocycles. The first-order valence-corrected chi connectivity index (χ1v) is 9.94. The molecular weight excluding hydrogens is 370 g/mol. The third-order valence-corrected chi connectivity index (χ3v) is 5.69. The zero-order valence-corrected chi connectivity index (χ0v) is 15.9. The number of benzene rings is 1. The molecule has 2 aliphatic rings. The maximum absolute atomic E-state index is 12.0. The van der Waals surface area contributed by atoms with Crippen LogP contribution >= 0.6 is 0 Å². The Kier molecular flexibility index (Phi) is 4.42. The first kappa shape index (κ1) is 17.7. The van der Waals surface area contributed by atoms with E-state index in [2.05, 4.69) is 25.6 Å². The number of imide groups is 1. The van der Waals surface area contributed by atoms with E-state index in [4.69, 9.17) is 0 Å². The average molecular weight is 391 g/mol. The molecule has 9 nitrogen and oxygen atoms in total. The lowest BCUT2D eigenvalue weighted by molar-refractivity contribution is -0.141. The van der Waals surface area contributed by atoms with Crippen molar-refractivity contribution in [2.75, 3.05) is 5.32 Å². The van der Waals surface area contributed by atoms with Crippen LogP contribution in [-0.4, -0.2) is 53.8 Å². The van der Waals surface area contributed by atoms with Crippen LogP contribution in [0.4, 0.5) is 5.95 Å². The van der Waals surface area contributed by atoms with Crippen LogP contribution in [0.5, 0.6) is 0 Å². The van der Waals surface area contributed by atoms with Crippen molar-refractivity contribution in [3.8, 4) is 5.82 Å². The fraction of sp³-hybridized carbons (Fsp3) is 0.400. The number of likely N-dealkylation sites (tertiary alicyclic amines) is 1.